The third-order valence-corrected chi connectivity index (χ3v) is 2.61. The van der Waals surface area contributed by atoms with Gasteiger partial charge in [0, 0.05) is 25.7 Å². The predicted molar refractivity (Wildman–Crippen MR) is 43.2 cm³/mol. The number of β-amino-alcohol motifs (C(OH)–C–C–N with tert-alkyl or cyclic N) is 1. The van der Waals surface area contributed by atoms with Gasteiger partial charge in [-0.1, -0.05) is 0 Å². The minimum absolute atomic E-state index is 0.207. The van der Waals surface area contributed by atoms with Crippen molar-refractivity contribution >= 4 is 0 Å². The van der Waals surface area contributed by atoms with E-state index in [-0.39, 0.29) is 6.23 Å². The highest BCUT2D eigenvalue weighted by Crippen LogP contribution is 2.29. The van der Waals surface area contributed by atoms with Crippen LogP contribution in [0.2, 0.25) is 0 Å². The molecule has 1 unspecified atom stereocenters. The van der Waals surface area contributed by atoms with Crippen molar-refractivity contribution in [1.82, 2.24) is 9.80 Å². The molecule has 0 aromatic carbocycles. The molecule has 1 saturated heterocycles. The molecule has 0 aromatic heterocycles. The first-order chi connectivity index (χ1) is 5.27. The minimum atomic E-state index is -0.207. The maximum absolute atomic E-state index is 9.63. The van der Waals surface area contributed by atoms with E-state index in [0.29, 0.717) is 6.04 Å². The van der Waals surface area contributed by atoms with Gasteiger partial charge in [-0.25, -0.2) is 0 Å². The Labute approximate surface area is 67.6 Å². The summed E-state index contributed by atoms with van der Waals surface area (Å²) in [5.41, 5.74) is 0. The molecule has 64 valence electrons. The van der Waals surface area contributed by atoms with E-state index in [2.05, 4.69) is 16.8 Å². The Hall–Kier alpha value is -0.120. The molecule has 3 heteroatoms. The molecule has 0 aromatic rings. The molecule has 0 radical (unpaired) electrons. The lowest BCUT2D eigenvalue weighted by Gasteiger charge is -2.36. The fraction of sp³-hybridized carbons (Fsp3) is 1.00. The fourth-order valence-corrected chi connectivity index (χ4v) is 1.74. The van der Waals surface area contributed by atoms with E-state index in [4.69, 9.17) is 0 Å². The molecule has 0 spiro atoms. The first-order valence-electron chi connectivity index (χ1n) is 4.40. The van der Waals surface area contributed by atoms with E-state index in [9.17, 15) is 5.11 Å². The van der Waals surface area contributed by atoms with Crippen LogP contribution in [0.1, 0.15) is 12.8 Å². The molecular weight excluding hydrogens is 140 g/mol. The van der Waals surface area contributed by atoms with E-state index < -0.39 is 0 Å². The summed E-state index contributed by atoms with van der Waals surface area (Å²) < 4.78 is 0. The summed E-state index contributed by atoms with van der Waals surface area (Å²) in [5, 5.41) is 9.63. The van der Waals surface area contributed by atoms with Crippen LogP contribution in [0.25, 0.3) is 0 Å². The van der Waals surface area contributed by atoms with Crippen LogP contribution in [0.3, 0.4) is 0 Å². The number of hydrogen-bond acceptors (Lipinski definition) is 3. The van der Waals surface area contributed by atoms with Crippen LogP contribution in [0.15, 0.2) is 0 Å². The third-order valence-electron chi connectivity index (χ3n) is 2.61. The standard InChI is InChI=1S/C8H16N2O/c1-9-4-5-10(7-2-3-7)8(11)6-9/h7-8,11H,2-6H2,1H3. The van der Waals surface area contributed by atoms with Gasteiger partial charge < -0.3 is 10.0 Å². The van der Waals surface area contributed by atoms with Crippen LogP contribution in [0.5, 0.6) is 0 Å². The number of rotatable bonds is 1. The Morgan fingerprint density at radius 1 is 1.27 bits per heavy atom. The first kappa shape index (κ1) is 7.53. The van der Waals surface area contributed by atoms with Crippen LogP contribution in [0, 0.1) is 0 Å². The van der Waals surface area contributed by atoms with E-state index in [1.165, 1.54) is 12.8 Å². The fourth-order valence-electron chi connectivity index (χ4n) is 1.74. The molecule has 11 heavy (non-hydrogen) atoms. The summed E-state index contributed by atoms with van der Waals surface area (Å²) >= 11 is 0. The van der Waals surface area contributed by atoms with Crippen LogP contribution in [-0.2, 0) is 0 Å². The van der Waals surface area contributed by atoms with Crippen molar-refractivity contribution in [3.05, 3.63) is 0 Å². The van der Waals surface area contributed by atoms with Crippen LogP contribution < -0.4 is 0 Å². The van der Waals surface area contributed by atoms with Crippen LogP contribution in [-0.4, -0.2) is 53.9 Å². The van der Waals surface area contributed by atoms with Gasteiger partial charge >= 0.3 is 0 Å². The summed E-state index contributed by atoms with van der Waals surface area (Å²) in [6.45, 7) is 2.96. The smallest absolute Gasteiger partial charge is 0.120 e. The topological polar surface area (TPSA) is 26.7 Å². The second-order valence-corrected chi connectivity index (χ2v) is 3.71. The van der Waals surface area contributed by atoms with Gasteiger partial charge in [0.25, 0.3) is 0 Å². The molecule has 1 heterocycles. The SMILES string of the molecule is CN1CCN(C2CC2)C(O)C1. The van der Waals surface area contributed by atoms with Crippen molar-refractivity contribution in [3.8, 4) is 0 Å². The molecule has 2 aliphatic rings. The van der Waals surface area contributed by atoms with Crippen molar-refractivity contribution in [1.29, 1.82) is 0 Å². The van der Waals surface area contributed by atoms with Crippen molar-refractivity contribution in [2.24, 2.45) is 0 Å². The summed E-state index contributed by atoms with van der Waals surface area (Å²) in [5.74, 6) is 0. The average Bonchev–Trinajstić information content (AvgIpc) is 2.70. The summed E-state index contributed by atoms with van der Waals surface area (Å²) in [6.07, 6.45) is 2.38. The Balaban J connectivity index is 1.90. The molecule has 3 nitrogen and oxygen atoms in total. The highest BCUT2D eigenvalue weighted by atomic mass is 16.3. The van der Waals surface area contributed by atoms with Crippen molar-refractivity contribution in [3.63, 3.8) is 0 Å². The summed E-state index contributed by atoms with van der Waals surface area (Å²) in [6, 6.07) is 0.707. The second-order valence-electron chi connectivity index (χ2n) is 3.71. The van der Waals surface area contributed by atoms with Gasteiger partial charge in [-0.3, -0.25) is 4.90 Å². The van der Waals surface area contributed by atoms with Crippen LogP contribution in [0.4, 0.5) is 0 Å². The number of nitrogens with zero attached hydrogens (tertiary/aromatic N) is 2. The maximum atomic E-state index is 9.63. The largest absolute Gasteiger partial charge is 0.377 e. The quantitative estimate of drug-likeness (QED) is 0.565. The zero-order chi connectivity index (χ0) is 7.84. The summed E-state index contributed by atoms with van der Waals surface area (Å²) in [7, 11) is 2.06. The number of aliphatic hydroxyl groups is 1. The van der Waals surface area contributed by atoms with Gasteiger partial charge in [0.2, 0.25) is 0 Å². The van der Waals surface area contributed by atoms with Gasteiger partial charge in [0.05, 0.1) is 0 Å². The summed E-state index contributed by atoms with van der Waals surface area (Å²) in [4.78, 5) is 4.42. The molecule has 0 bridgehead atoms. The zero-order valence-corrected chi connectivity index (χ0v) is 7.03. The molecule has 2 rings (SSSR count). The second kappa shape index (κ2) is 2.73. The minimum Gasteiger partial charge on any atom is -0.377 e. The Morgan fingerprint density at radius 2 is 2.00 bits per heavy atom. The first-order valence-corrected chi connectivity index (χ1v) is 4.40. The van der Waals surface area contributed by atoms with Crippen molar-refractivity contribution < 1.29 is 5.11 Å². The van der Waals surface area contributed by atoms with Crippen molar-refractivity contribution in [2.75, 3.05) is 26.7 Å². The highest BCUT2D eigenvalue weighted by molar-refractivity contribution is 4.88. The molecule has 2 fully saturated rings. The molecule has 1 aliphatic heterocycles. The Bertz CT molecular complexity index is 147. The van der Waals surface area contributed by atoms with Crippen LogP contribution >= 0.6 is 0 Å². The predicted octanol–water partition coefficient (Wildman–Crippen LogP) is -0.285. The Kier molecular flexibility index (Phi) is 1.87. The monoisotopic (exact) mass is 156 g/mol. The molecule has 0 amide bonds. The van der Waals surface area contributed by atoms with E-state index >= 15 is 0 Å². The van der Waals surface area contributed by atoms with Gasteiger partial charge in [0.1, 0.15) is 6.23 Å². The van der Waals surface area contributed by atoms with Gasteiger partial charge in [-0.15, -0.1) is 0 Å². The highest BCUT2D eigenvalue weighted by Gasteiger charge is 2.35. The number of hydrogen-bond donors (Lipinski definition) is 1. The van der Waals surface area contributed by atoms with E-state index in [1.54, 1.807) is 0 Å². The van der Waals surface area contributed by atoms with E-state index in [0.717, 1.165) is 19.6 Å². The maximum Gasteiger partial charge on any atom is 0.120 e. The molecule has 1 N–H and O–H groups in total. The lowest BCUT2D eigenvalue weighted by molar-refractivity contribution is -0.0537. The zero-order valence-electron chi connectivity index (χ0n) is 7.03. The number of likely N-dealkylation sites (N-methyl/N-ethyl adjacent to an activating group) is 1. The average molecular weight is 156 g/mol. The molecule has 1 atom stereocenters. The Morgan fingerprint density at radius 3 is 2.55 bits per heavy atom. The normalized spacial score (nSPS) is 36.0. The number of piperazine rings is 1. The lowest BCUT2D eigenvalue weighted by Crippen LogP contribution is -2.52. The van der Waals surface area contributed by atoms with Gasteiger partial charge in [0.15, 0.2) is 0 Å². The van der Waals surface area contributed by atoms with Gasteiger partial charge in [-0.2, -0.15) is 0 Å². The number of aliphatic hydroxyl groups excluding tert-OH is 1. The van der Waals surface area contributed by atoms with Gasteiger partial charge in [-0.05, 0) is 19.9 Å². The molecule has 1 aliphatic carbocycles. The lowest BCUT2D eigenvalue weighted by atomic mass is 10.3. The van der Waals surface area contributed by atoms with E-state index in [1.807, 2.05) is 0 Å². The third kappa shape index (κ3) is 1.55. The molecular formula is C8H16N2O. The molecule has 1 saturated carbocycles. The van der Waals surface area contributed by atoms with Crippen molar-refractivity contribution in [2.45, 2.75) is 25.1 Å².